The van der Waals surface area contributed by atoms with Crippen LogP contribution in [-0.2, 0) is 4.79 Å². The highest BCUT2D eigenvalue weighted by atomic mass is 32.1. The molecular weight excluding hydrogens is 294 g/mol. The van der Waals surface area contributed by atoms with Crippen LogP contribution in [0.1, 0.15) is 22.2 Å². The monoisotopic (exact) mass is 309 g/mol. The van der Waals surface area contributed by atoms with Crippen LogP contribution in [0.4, 0.5) is 0 Å². The SMILES string of the molecule is O=C(/C=C/c1ccco1)N[C@@H](c1ccccc1)c1cccs1. The quantitative estimate of drug-likeness (QED) is 0.716. The maximum Gasteiger partial charge on any atom is 0.244 e. The molecule has 4 heteroatoms. The molecule has 1 N–H and O–H groups in total. The van der Waals surface area contributed by atoms with Crippen LogP contribution in [0, 0.1) is 0 Å². The van der Waals surface area contributed by atoms with Gasteiger partial charge in [-0.3, -0.25) is 4.79 Å². The van der Waals surface area contributed by atoms with E-state index in [0.29, 0.717) is 5.76 Å². The van der Waals surface area contributed by atoms with Gasteiger partial charge in [0.25, 0.3) is 0 Å². The number of nitrogens with one attached hydrogen (secondary N) is 1. The Balaban J connectivity index is 1.77. The molecule has 1 amide bonds. The van der Waals surface area contributed by atoms with E-state index in [2.05, 4.69) is 5.32 Å². The Morgan fingerprint density at radius 3 is 2.64 bits per heavy atom. The summed E-state index contributed by atoms with van der Waals surface area (Å²) in [5, 5.41) is 5.05. The third kappa shape index (κ3) is 3.54. The fourth-order valence-corrected chi connectivity index (χ4v) is 2.96. The van der Waals surface area contributed by atoms with Crippen LogP contribution < -0.4 is 5.32 Å². The number of hydrogen-bond acceptors (Lipinski definition) is 3. The average Bonchev–Trinajstić information content (AvgIpc) is 3.25. The summed E-state index contributed by atoms with van der Waals surface area (Å²) in [7, 11) is 0. The summed E-state index contributed by atoms with van der Waals surface area (Å²) in [5.74, 6) is 0.501. The number of carbonyl (C=O) groups excluding carboxylic acids is 1. The Bertz CT molecular complexity index is 731. The molecule has 0 fully saturated rings. The molecule has 0 saturated heterocycles. The van der Waals surface area contributed by atoms with E-state index in [-0.39, 0.29) is 11.9 Å². The molecule has 0 aliphatic heterocycles. The molecule has 22 heavy (non-hydrogen) atoms. The van der Waals surface area contributed by atoms with Gasteiger partial charge in [0.2, 0.25) is 5.91 Å². The maximum atomic E-state index is 12.2. The molecule has 0 unspecified atom stereocenters. The number of amides is 1. The largest absolute Gasteiger partial charge is 0.465 e. The molecule has 3 rings (SSSR count). The first-order valence-corrected chi connectivity index (χ1v) is 7.81. The molecule has 0 aliphatic rings. The third-order valence-electron chi connectivity index (χ3n) is 3.19. The molecule has 0 saturated carbocycles. The number of benzene rings is 1. The molecular formula is C18H15NO2S. The second-order valence-electron chi connectivity index (χ2n) is 4.72. The first-order chi connectivity index (χ1) is 10.8. The molecule has 1 aromatic carbocycles. The van der Waals surface area contributed by atoms with Crippen LogP contribution >= 0.6 is 11.3 Å². The van der Waals surface area contributed by atoms with Crippen molar-refractivity contribution in [3.63, 3.8) is 0 Å². The Kier molecular flexibility index (Phi) is 4.51. The maximum absolute atomic E-state index is 12.2. The van der Waals surface area contributed by atoms with Gasteiger partial charge in [-0.25, -0.2) is 0 Å². The lowest BCUT2D eigenvalue weighted by molar-refractivity contribution is -0.116. The molecule has 110 valence electrons. The Morgan fingerprint density at radius 2 is 1.95 bits per heavy atom. The van der Waals surface area contributed by atoms with Crippen LogP contribution in [0.15, 0.2) is 76.7 Å². The average molecular weight is 309 g/mol. The van der Waals surface area contributed by atoms with Gasteiger partial charge >= 0.3 is 0 Å². The zero-order valence-electron chi connectivity index (χ0n) is 11.8. The van der Waals surface area contributed by atoms with Gasteiger partial charge in [-0.05, 0) is 35.2 Å². The first kappa shape index (κ1) is 14.4. The molecule has 3 aromatic rings. The highest BCUT2D eigenvalue weighted by Gasteiger charge is 2.16. The Labute approximate surface area is 132 Å². The lowest BCUT2D eigenvalue weighted by Crippen LogP contribution is -2.27. The number of carbonyl (C=O) groups is 1. The summed E-state index contributed by atoms with van der Waals surface area (Å²) in [4.78, 5) is 13.3. The normalized spacial score (nSPS) is 12.4. The van der Waals surface area contributed by atoms with Gasteiger partial charge in [0.1, 0.15) is 5.76 Å². The second-order valence-corrected chi connectivity index (χ2v) is 5.70. The van der Waals surface area contributed by atoms with E-state index in [4.69, 9.17) is 4.42 Å². The third-order valence-corrected chi connectivity index (χ3v) is 4.13. The fourth-order valence-electron chi connectivity index (χ4n) is 2.15. The number of furan rings is 1. The van der Waals surface area contributed by atoms with Gasteiger partial charge in [-0.2, -0.15) is 0 Å². The molecule has 0 bridgehead atoms. The smallest absolute Gasteiger partial charge is 0.244 e. The molecule has 0 spiro atoms. The topological polar surface area (TPSA) is 42.2 Å². The minimum atomic E-state index is -0.154. The number of rotatable bonds is 5. The molecule has 0 aliphatic carbocycles. The van der Waals surface area contributed by atoms with E-state index in [1.165, 1.54) is 6.08 Å². The molecule has 0 radical (unpaired) electrons. The van der Waals surface area contributed by atoms with Gasteiger partial charge < -0.3 is 9.73 Å². The summed E-state index contributed by atoms with van der Waals surface area (Å²) in [6.45, 7) is 0. The minimum absolute atomic E-state index is 0.144. The van der Waals surface area contributed by atoms with Crippen LogP contribution in [0.25, 0.3) is 6.08 Å². The predicted octanol–water partition coefficient (Wildman–Crippen LogP) is 4.26. The van der Waals surface area contributed by atoms with Crippen molar-refractivity contribution in [2.24, 2.45) is 0 Å². The van der Waals surface area contributed by atoms with Crippen molar-refractivity contribution >= 4 is 23.3 Å². The van der Waals surface area contributed by atoms with Gasteiger partial charge in [-0.15, -0.1) is 11.3 Å². The van der Waals surface area contributed by atoms with E-state index < -0.39 is 0 Å². The summed E-state index contributed by atoms with van der Waals surface area (Å²) >= 11 is 1.63. The Hall–Kier alpha value is -2.59. The van der Waals surface area contributed by atoms with Gasteiger partial charge in [0.05, 0.1) is 12.3 Å². The summed E-state index contributed by atoms with van der Waals surface area (Å²) in [6.07, 6.45) is 4.73. The molecule has 1 atom stereocenters. The second kappa shape index (κ2) is 6.91. The van der Waals surface area contributed by atoms with E-state index in [1.54, 1.807) is 35.8 Å². The van der Waals surface area contributed by atoms with E-state index in [9.17, 15) is 4.79 Å². The summed E-state index contributed by atoms with van der Waals surface area (Å²) < 4.78 is 5.18. The van der Waals surface area contributed by atoms with Gasteiger partial charge in [0, 0.05) is 11.0 Å². The number of thiophene rings is 1. The van der Waals surface area contributed by atoms with Crippen molar-refractivity contribution in [3.05, 3.63) is 88.5 Å². The van der Waals surface area contributed by atoms with Crippen LogP contribution in [0.3, 0.4) is 0 Å². The summed E-state index contributed by atoms with van der Waals surface area (Å²) in [6, 6.07) is 17.4. The van der Waals surface area contributed by atoms with Crippen molar-refractivity contribution in [1.82, 2.24) is 5.32 Å². The zero-order chi connectivity index (χ0) is 15.2. The first-order valence-electron chi connectivity index (χ1n) is 6.93. The lowest BCUT2D eigenvalue weighted by atomic mass is 10.1. The highest BCUT2D eigenvalue weighted by molar-refractivity contribution is 7.10. The van der Waals surface area contributed by atoms with Crippen molar-refractivity contribution in [2.45, 2.75) is 6.04 Å². The van der Waals surface area contributed by atoms with E-state index in [1.807, 2.05) is 47.8 Å². The minimum Gasteiger partial charge on any atom is -0.465 e. The van der Waals surface area contributed by atoms with Gasteiger partial charge in [0.15, 0.2) is 0 Å². The van der Waals surface area contributed by atoms with Crippen molar-refractivity contribution in [1.29, 1.82) is 0 Å². The van der Waals surface area contributed by atoms with Gasteiger partial charge in [-0.1, -0.05) is 36.4 Å². The van der Waals surface area contributed by atoms with Crippen molar-refractivity contribution in [2.75, 3.05) is 0 Å². The fraction of sp³-hybridized carbons (Fsp3) is 0.0556. The molecule has 2 aromatic heterocycles. The summed E-state index contributed by atoms with van der Waals surface area (Å²) in [5.41, 5.74) is 1.06. The number of hydrogen-bond donors (Lipinski definition) is 1. The van der Waals surface area contributed by atoms with Crippen LogP contribution in [0.2, 0.25) is 0 Å². The standard InChI is InChI=1S/C18H15NO2S/c20-17(11-10-15-8-4-12-21-15)19-18(16-9-5-13-22-16)14-6-2-1-3-7-14/h1-13,18H,(H,19,20)/b11-10+/t18-/m0/s1. The van der Waals surface area contributed by atoms with E-state index >= 15 is 0 Å². The van der Waals surface area contributed by atoms with E-state index in [0.717, 1.165) is 10.4 Å². The molecule has 2 heterocycles. The molecule has 3 nitrogen and oxygen atoms in total. The van der Waals surface area contributed by atoms with Crippen molar-refractivity contribution in [3.8, 4) is 0 Å². The van der Waals surface area contributed by atoms with Crippen LogP contribution in [0.5, 0.6) is 0 Å². The van der Waals surface area contributed by atoms with Crippen molar-refractivity contribution < 1.29 is 9.21 Å². The zero-order valence-corrected chi connectivity index (χ0v) is 12.6. The highest BCUT2D eigenvalue weighted by Crippen LogP contribution is 2.25. The predicted molar refractivity (Wildman–Crippen MR) is 88.5 cm³/mol. The van der Waals surface area contributed by atoms with Crippen LogP contribution in [-0.4, -0.2) is 5.91 Å². The Morgan fingerprint density at radius 1 is 1.09 bits per heavy atom. The lowest BCUT2D eigenvalue weighted by Gasteiger charge is -2.17.